The van der Waals surface area contributed by atoms with Gasteiger partial charge in [0.15, 0.2) is 0 Å². The highest BCUT2D eigenvalue weighted by Gasteiger charge is 2.20. The molecule has 1 rings (SSSR count). The molecule has 0 heterocycles. The van der Waals surface area contributed by atoms with Crippen molar-refractivity contribution in [1.82, 2.24) is 4.90 Å². The van der Waals surface area contributed by atoms with E-state index in [4.69, 9.17) is 4.74 Å². The van der Waals surface area contributed by atoms with Gasteiger partial charge in [-0.25, -0.2) is 4.79 Å². The van der Waals surface area contributed by atoms with Gasteiger partial charge in [-0.3, -0.25) is 0 Å². The van der Waals surface area contributed by atoms with E-state index in [1.165, 1.54) is 5.56 Å². The van der Waals surface area contributed by atoms with E-state index < -0.39 is 5.60 Å². The first-order valence-electron chi connectivity index (χ1n) is 6.54. The van der Waals surface area contributed by atoms with Crippen LogP contribution in [0.3, 0.4) is 0 Å². The van der Waals surface area contributed by atoms with Gasteiger partial charge in [0, 0.05) is 17.6 Å². The number of amides is 1. The number of ether oxygens (including phenoxy) is 1. The van der Waals surface area contributed by atoms with Crippen molar-refractivity contribution in [1.29, 1.82) is 0 Å². The Bertz CT molecular complexity index is 409. The zero-order valence-corrected chi connectivity index (χ0v) is 13.7. The normalized spacial score (nSPS) is 11.2. The average molecular weight is 328 g/mol. The number of hydrogen-bond acceptors (Lipinski definition) is 2. The number of rotatable bonds is 4. The summed E-state index contributed by atoms with van der Waals surface area (Å²) in [7, 11) is 0. The summed E-state index contributed by atoms with van der Waals surface area (Å²) in [5.74, 6) is 0. The van der Waals surface area contributed by atoms with Gasteiger partial charge in [-0.2, -0.15) is 0 Å². The van der Waals surface area contributed by atoms with Crippen LogP contribution in [0.5, 0.6) is 0 Å². The zero-order chi connectivity index (χ0) is 14.5. The molecule has 0 atom stereocenters. The first-order chi connectivity index (χ1) is 8.81. The number of halogens is 1. The van der Waals surface area contributed by atoms with Gasteiger partial charge in [-0.15, -0.1) is 0 Å². The molecule has 106 valence electrons. The van der Waals surface area contributed by atoms with Gasteiger partial charge in [-0.05, 0) is 51.8 Å². The topological polar surface area (TPSA) is 29.5 Å². The Morgan fingerprint density at radius 3 is 2.32 bits per heavy atom. The number of nitrogens with zero attached hydrogens (tertiary/aromatic N) is 1. The van der Waals surface area contributed by atoms with Crippen LogP contribution in [0, 0.1) is 0 Å². The third-order valence-corrected chi connectivity index (χ3v) is 3.15. The van der Waals surface area contributed by atoms with Crippen molar-refractivity contribution in [3.05, 3.63) is 34.3 Å². The van der Waals surface area contributed by atoms with Crippen molar-refractivity contribution >= 4 is 22.0 Å². The van der Waals surface area contributed by atoms with Gasteiger partial charge in [0.05, 0.1) is 0 Å². The molecule has 0 saturated carbocycles. The summed E-state index contributed by atoms with van der Waals surface area (Å²) >= 11 is 3.41. The van der Waals surface area contributed by atoms with E-state index in [-0.39, 0.29) is 6.09 Å². The van der Waals surface area contributed by atoms with Crippen LogP contribution in [0.1, 0.15) is 33.3 Å². The van der Waals surface area contributed by atoms with Crippen LogP contribution in [-0.4, -0.2) is 29.7 Å². The Morgan fingerprint density at radius 2 is 1.84 bits per heavy atom. The molecule has 0 radical (unpaired) electrons. The summed E-state index contributed by atoms with van der Waals surface area (Å²) in [5.41, 5.74) is 0.771. The highest BCUT2D eigenvalue weighted by atomic mass is 79.9. The highest BCUT2D eigenvalue weighted by molar-refractivity contribution is 9.10. The van der Waals surface area contributed by atoms with E-state index in [2.05, 4.69) is 28.1 Å². The Kier molecular flexibility index (Phi) is 5.85. The van der Waals surface area contributed by atoms with Gasteiger partial charge < -0.3 is 9.64 Å². The second-order valence-corrected chi connectivity index (χ2v) is 6.35. The van der Waals surface area contributed by atoms with E-state index in [0.29, 0.717) is 13.1 Å². The molecule has 0 fully saturated rings. The lowest BCUT2D eigenvalue weighted by Gasteiger charge is -2.26. The summed E-state index contributed by atoms with van der Waals surface area (Å²) in [5, 5.41) is 0. The van der Waals surface area contributed by atoms with Gasteiger partial charge >= 0.3 is 6.09 Å². The van der Waals surface area contributed by atoms with Crippen LogP contribution in [0.4, 0.5) is 4.79 Å². The molecule has 0 N–H and O–H groups in total. The largest absolute Gasteiger partial charge is 0.444 e. The quantitative estimate of drug-likeness (QED) is 0.827. The maximum Gasteiger partial charge on any atom is 0.410 e. The van der Waals surface area contributed by atoms with Crippen LogP contribution >= 0.6 is 15.9 Å². The van der Waals surface area contributed by atoms with Gasteiger partial charge in [-0.1, -0.05) is 28.1 Å². The molecule has 0 spiro atoms. The van der Waals surface area contributed by atoms with Crippen molar-refractivity contribution in [3.8, 4) is 0 Å². The lowest BCUT2D eigenvalue weighted by Crippen LogP contribution is -2.37. The lowest BCUT2D eigenvalue weighted by atomic mass is 10.1. The molecule has 19 heavy (non-hydrogen) atoms. The van der Waals surface area contributed by atoms with E-state index >= 15 is 0 Å². The number of carbonyl (C=O) groups is 1. The fourth-order valence-corrected chi connectivity index (χ4v) is 1.88. The Balaban J connectivity index is 2.53. The molecular weight excluding hydrogens is 306 g/mol. The molecule has 0 aromatic heterocycles. The molecule has 4 heteroatoms. The van der Waals surface area contributed by atoms with Gasteiger partial charge in [0.1, 0.15) is 5.60 Å². The average Bonchev–Trinajstić information content (AvgIpc) is 2.30. The van der Waals surface area contributed by atoms with Crippen LogP contribution in [0.25, 0.3) is 0 Å². The lowest BCUT2D eigenvalue weighted by molar-refractivity contribution is 0.0262. The molecule has 0 bridgehead atoms. The SMILES string of the molecule is CCN(CCc1ccc(Br)cc1)C(=O)OC(C)(C)C. The minimum Gasteiger partial charge on any atom is -0.444 e. The van der Waals surface area contributed by atoms with Gasteiger partial charge in [0.2, 0.25) is 0 Å². The molecule has 1 amide bonds. The predicted molar refractivity (Wildman–Crippen MR) is 81.3 cm³/mol. The minimum absolute atomic E-state index is 0.243. The fourth-order valence-electron chi connectivity index (χ4n) is 1.62. The van der Waals surface area contributed by atoms with Crippen molar-refractivity contribution in [3.63, 3.8) is 0 Å². The molecule has 0 unspecified atom stereocenters. The maximum atomic E-state index is 12.0. The Hall–Kier alpha value is -1.03. The van der Waals surface area contributed by atoms with Crippen LogP contribution in [-0.2, 0) is 11.2 Å². The summed E-state index contributed by atoms with van der Waals surface area (Å²) in [6.45, 7) is 8.94. The summed E-state index contributed by atoms with van der Waals surface area (Å²) in [6, 6.07) is 8.15. The monoisotopic (exact) mass is 327 g/mol. The summed E-state index contributed by atoms with van der Waals surface area (Å²) in [6.07, 6.45) is 0.590. The molecular formula is C15H22BrNO2. The molecule has 0 saturated heterocycles. The number of likely N-dealkylation sites (N-methyl/N-ethyl adjacent to an activating group) is 1. The third kappa shape index (κ3) is 6.10. The van der Waals surface area contributed by atoms with Crippen molar-refractivity contribution in [2.45, 2.75) is 39.7 Å². The molecule has 0 aliphatic heterocycles. The van der Waals surface area contributed by atoms with E-state index in [9.17, 15) is 4.79 Å². The van der Waals surface area contributed by atoms with Crippen LogP contribution in [0.15, 0.2) is 28.7 Å². The Labute approximate surface area is 124 Å². The van der Waals surface area contributed by atoms with Gasteiger partial charge in [0.25, 0.3) is 0 Å². The first-order valence-corrected chi connectivity index (χ1v) is 7.33. The maximum absolute atomic E-state index is 12.0. The van der Waals surface area contributed by atoms with Crippen LogP contribution in [0.2, 0.25) is 0 Å². The zero-order valence-electron chi connectivity index (χ0n) is 12.1. The summed E-state index contributed by atoms with van der Waals surface area (Å²) < 4.78 is 6.44. The molecule has 1 aromatic carbocycles. The van der Waals surface area contributed by atoms with Crippen molar-refractivity contribution < 1.29 is 9.53 Å². The van der Waals surface area contributed by atoms with E-state index in [1.54, 1.807) is 4.90 Å². The van der Waals surface area contributed by atoms with E-state index in [1.807, 2.05) is 39.8 Å². The standard InChI is InChI=1S/C15H22BrNO2/c1-5-17(14(18)19-15(2,3)4)11-10-12-6-8-13(16)9-7-12/h6-9H,5,10-11H2,1-4H3. The van der Waals surface area contributed by atoms with Crippen LogP contribution < -0.4 is 0 Å². The highest BCUT2D eigenvalue weighted by Crippen LogP contribution is 2.13. The summed E-state index contributed by atoms with van der Waals surface area (Å²) in [4.78, 5) is 13.7. The first kappa shape index (κ1) is 16.0. The van der Waals surface area contributed by atoms with E-state index in [0.717, 1.165) is 10.9 Å². The predicted octanol–water partition coefficient (Wildman–Crippen LogP) is 4.25. The molecule has 0 aliphatic rings. The third-order valence-electron chi connectivity index (χ3n) is 2.62. The molecule has 0 aliphatic carbocycles. The Morgan fingerprint density at radius 1 is 1.26 bits per heavy atom. The minimum atomic E-state index is -0.442. The van der Waals surface area contributed by atoms with Crippen molar-refractivity contribution in [2.24, 2.45) is 0 Å². The fraction of sp³-hybridized carbons (Fsp3) is 0.533. The number of benzene rings is 1. The number of hydrogen-bond donors (Lipinski definition) is 0. The molecule has 1 aromatic rings. The van der Waals surface area contributed by atoms with Crippen molar-refractivity contribution in [2.75, 3.05) is 13.1 Å². The smallest absolute Gasteiger partial charge is 0.410 e. The second-order valence-electron chi connectivity index (χ2n) is 5.44. The number of carbonyl (C=O) groups excluding carboxylic acids is 1. The second kappa shape index (κ2) is 6.94. The molecule has 3 nitrogen and oxygen atoms in total.